The molecule has 0 unspecified atom stereocenters. The van der Waals surface area contributed by atoms with Crippen molar-refractivity contribution in [3.05, 3.63) is 35.6 Å². The first-order chi connectivity index (χ1) is 9.99. The summed E-state index contributed by atoms with van der Waals surface area (Å²) in [7, 11) is 1.79. The van der Waals surface area contributed by atoms with Gasteiger partial charge < -0.3 is 10.6 Å². The molecule has 21 heavy (non-hydrogen) atoms. The average Bonchev–Trinajstić information content (AvgIpc) is 2.48. The summed E-state index contributed by atoms with van der Waals surface area (Å²) < 4.78 is 12.9. The van der Waals surface area contributed by atoms with Gasteiger partial charge in [0.2, 0.25) is 5.91 Å². The summed E-state index contributed by atoms with van der Waals surface area (Å²) in [5, 5.41) is 0. The highest BCUT2D eigenvalue weighted by Gasteiger charge is 2.37. The van der Waals surface area contributed by atoms with Crippen LogP contribution in [0.5, 0.6) is 0 Å². The summed E-state index contributed by atoms with van der Waals surface area (Å²) in [6.07, 6.45) is 3.49. The van der Waals surface area contributed by atoms with Gasteiger partial charge in [-0.1, -0.05) is 38.8 Å². The van der Waals surface area contributed by atoms with Crippen molar-refractivity contribution in [3.8, 4) is 0 Å². The lowest BCUT2D eigenvalue weighted by atomic mass is 9.78. The summed E-state index contributed by atoms with van der Waals surface area (Å²) in [4.78, 5) is 14.5. The van der Waals surface area contributed by atoms with Gasteiger partial charge in [0.05, 0.1) is 5.41 Å². The van der Waals surface area contributed by atoms with Crippen molar-refractivity contribution >= 4 is 5.91 Å². The molecular weight excluding hydrogens is 267 g/mol. The van der Waals surface area contributed by atoms with Crippen molar-refractivity contribution in [2.24, 2.45) is 11.1 Å². The molecule has 0 fully saturated rings. The van der Waals surface area contributed by atoms with E-state index in [1.54, 1.807) is 24.1 Å². The second-order valence-electron chi connectivity index (χ2n) is 5.77. The SMILES string of the molecule is CCCC(CN)(CCC)C(=O)N(C)Cc1ccc(F)cc1. The minimum atomic E-state index is -0.460. The van der Waals surface area contributed by atoms with E-state index in [1.807, 2.05) is 0 Å². The molecule has 0 radical (unpaired) electrons. The molecule has 0 aliphatic rings. The molecule has 1 amide bonds. The van der Waals surface area contributed by atoms with Crippen LogP contribution < -0.4 is 5.73 Å². The number of carbonyl (C=O) groups is 1. The molecule has 0 aliphatic heterocycles. The predicted octanol–water partition coefficient (Wildman–Crippen LogP) is 3.33. The van der Waals surface area contributed by atoms with Crippen LogP contribution in [0, 0.1) is 11.2 Å². The summed E-state index contributed by atoms with van der Waals surface area (Å²) in [6.45, 7) is 5.01. The fourth-order valence-corrected chi connectivity index (χ4v) is 2.93. The van der Waals surface area contributed by atoms with Gasteiger partial charge in [0, 0.05) is 20.1 Å². The second kappa shape index (κ2) is 8.13. The molecule has 4 heteroatoms. The second-order valence-corrected chi connectivity index (χ2v) is 5.77. The van der Waals surface area contributed by atoms with Gasteiger partial charge in [0.25, 0.3) is 0 Å². The lowest BCUT2D eigenvalue weighted by Crippen LogP contribution is -2.46. The summed E-state index contributed by atoms with van der Waals surface area (Å²) in [6, 6.07) is 6.26. The van der Waals surface area contributed by atoms with E-state index in [0.717, 1.165) is 31.2 Å². The Bertz CT molecular complexity index is 439. The Labute approximate surface area is 127 Å². The number of amides is 1. The number of hydrogen-bond acceptors (Lipinski definition) is 2. The molecular formula is C17H27FN2O. The molecule has 3 nitrogen and oxygen atoms in total. The minimum Gasteiger partial charge on any atom is -0.341 e. The number of rotatable bonds is 8. The number of halogens is 1. The van der Waals surface area contributed by atoms with Crippen molar-refractivity contribution in [1.29, 1.82) is 0 Å². The zero-order valence-electron chi connectivity index (χ0n) is 13.4. The van der Waals surface area contributed by atoms with E-state index in [-0.39, 0.29) is 11.7 Å². The molecule has 0 spiro atoms. The van der Waals surface area contributed by atoms with Crippen molar-refractivity contribution in [1.82, 2.24) is 4.90 Å². The standard InChI is InChI=1S/C17H27FN2O/c1-4-10-17(13-19,11-5-2)16(21)20(3)12-14-6-8-15(18)9-7-14/h6-9H,4-5,10-13,19H2,1-3H3. The Morgan fingerprint density at radius 3 is 2.14 bits per heavy atom. The van der Waals surface area contributed by atoms with E-state index < -0.39 is 5.41 Å². The van der Waals surface area contributed by atoms with Crippen LogP contribution in [-0.4, -0.2) is 24.4 Å². The van der Waals surface area contributed by atoms with Crippen molar-refractivity contribution in [2.45, 2.75) is 46.1 Å². The molecule has 1 aromatic carbocycles. The first-order valence-electron chi connectivity index (χ1n) is 7.69. The quantitative estimate of drug-likeness (QED) is 0.799. The third-order valence-electron chi connectivity index (χ3n) is 3.98. The van der Waals surface area contributed by atoms with E-state index in [0.29, 0.717) is 13.1 Å². The smallest absolute Gasteiger partial charge is 0.230 e. The van der Waals surface area contributed by atoms with Gasteiger partial charge >= 0.3 is 0 Å². The van der Waals surface area contributed by atoms with Crippen LogP contribution in [0.4, 0.5) is 4.39 Å². The number of hydrogen-bond donors (Lipinski definition) is 1. The Kier molecular flexibility index (Phi) is 6.82. The highest BCUT2D eigenvalue weighted by Crippen LogP contribution is 2.31. The fraction of sp³-hybridized carbons (Fsp3) is 0.588. The van der Waals surface area contributed by atoms with E-state index in [4.69, 9.17) is 5.73 Å². The van der Waals surface area contributed by atoms with Crippen LogP contribution in [0.2, 0.25) is 0 Å². The van der Waals surface area contributed by atoms with Gasteiger partial charge in [-0.15, -0.1) is 0 Å². The average molecular weight is 294 g/mol. The van der Waals surface area contributed by atoms with E-state index in [1.165, 1.54) is 12.1 Å². The van der Waals surface area contributed by atoms with Gasteiger partial charge in [-0.3, -0.25) is 4.79 Å². The maximum atomic E-state index is 12.9. The predicted molar refractivity (Wildman–Crippen MR) is 84.2 cm³/mol. The van der Waals surface area contributed by atoms with Crippen LogP contribution in [0.3, 0.4) is 0 Å². The molecule has 0 aromatic heterocycles. The molecule has 1 aromatic rings. The normalized spacial score (nSPS) is 11.5. The summed E-state index contributed by atoms with van der Waals surface area (Å²) in [5.41, 5.74) is 6.40. The highest BCUT2D eigenvalue weighted by atomic mass is 19.1. The Balaban J connectivity index is 2.84. The maximum absolute atomic E-state index is 12.9. The molecule has 0 bridgehead atoms. The van der Waals surface area contributed by atoms with Crippen LogP contribution in [0.15, 0.2) is 24.3 Å². The molecule has 2 N–H and O–H groups in total. The van der Waals surface area contributed by atoms with Crippen LogP contribution in [-0.2, 0) is 11.3 Å². The zero-order chi connectivity index (χ0) is 15.9. The Morgan fingerprint density at radius 2 is 1.71 bits per heavy atom. The first-order valence-corrected chi connectivity index (χ1v) is 7.69. The van der Waals surface area contributed by atoms with Gasteiger partial charge in [0.15, 0.2) is 0 Å². The van der Waals surface area contributed by atoms with Gasteiger partial charge in [-0.2, -0.15) is 0 Å². The largest absolute Gasteiger partial charge is 0.341 e. The number of nitrogens with two attached hydrogens (primary N) is 1. The molecule has 0 heterocycles. The lowest BCUT2D eigenvalue weighted by Gasteiger charge is -2.35. The van der Waals surface area contributed by atoms with Crippen LogP contribution in [0.25, 0.3) is 0 Å². The summed E-state index contributed by atoms with van der Waals surface area (Å²) >= 11 is 0. The molecule has 0 atom stereocenters. The Morgan fingerprint density at radius 1 is 1.19 bits per heavy atom. The van der Waals surface area contributed by atoms with Crippen LogP contribution >= 0.6 is 0 Å². The third-order valence-corrected chi connectivity index (χ3v) is 3.98. The van der Waals surface area contributed by atoms with Crippen molar-refractivity contribution in [3.63, 3.8) is 0 Å². The van der Waals surface area contributed by atoms with E-state index >= 15 is 0 Å². The fourth-order valence-electron chi connectivity index (χ4n) is 2.93. The van der Waals surface area contributed by atoms with Crippen LogP contribution in [0.1, 0.15) is 45.1 Å². The molecule has 0 saturated heterocycles. The number of nitrogens with zero attached hydrogens (tertiary/aromatic N) is 1. The van der Waals surface area contributed by atoms with E-state index in [9.17, 15) is 9.18 Å². The first kappa shape index (κ1) is 17.6. The number of carbonyl (C=O) groups excluding carboxylic acids is 1. The summed E-state index contributed by atoms with van der Waals surface area (Å²) in [5.74, 6) is -0.168. The molecule has 118 valence electrons. The van der Waals surface area contributed by atoms with Gasteiger partial charge in [-0.25, -0.2) is 4.39 Å². The molecule has 1 rings (SSSR count). The molecule has 0 aliphatic carbocycles. The van der Waals surface area contributed by atoms with Crippen molar-refractivity contribution < 1.29 is 9.18 Å². The monoisotopic (exact) mass is 294 g/mol. The third kappa shape index (κ3) is 4.53. The topological polar surface area (TPSA) is 46.3 Å². The minimum absolute atomic E-state index is 0.0954. The maximum Gasteiger partial charge on any atom is 0.230 e. The molecule has 0 saturated carbocycles. The zero-order valence-corrected chi connectivity index (χ0v) is 13.4. The van der Waals surface area contributed by atoms with Crippen molar-refractivity contribution in [2.75, 3.05) is 13.6 Å². The van der Waals surface area contributed by atoms with Gasteiger partial charge in [0.1, 0.15) is 5.82 Å². The number of benzene rings is 1. The lowest BCUT2D eigenvalue weighted by molar-refractivity contribution is -0.141. The van der Waals surface area contributed by atoms with Gasteiger partial charge in [-0.05, 0) is 30.5 Å². The Hall–Kier alpha value is -1.42. The van der Waals surface area contributed by atoms with E-state index in [2.05, 4.69) is 13.8 Å². The highest BCUT2D eigenvalue weighted by molar-refractivity contribution is 5.82.